The molecule has 0 N–H and O–H groups in total. The summed E-state index contributed by atoms with van der Waals surface area (Å²) >= 11 is 0. The molecule has 0 atom stereocenters. The first-order chi connectivity index (χ1) is 7.77. The summed E-state index contributed by atoms with van der Waals surface area (Å²) in [6.45, 7) is 0. The van der Waals surface area contributed by atoms with Gasteiger partial charge in [-0.05, 0) is 17.7 Å². The minimum Gasteiger partial charge on any atom is -0.292 e. The molecule has 0 saturated carbocycles. The van der Waals surface area contributed by atoms with Gasteiger partial charge in [-0.25, -0.2) is 14.4 Å². The molecule has 0 amide bonds. The van der Waals surface area contributed by atoms with Crippen LogP contribution in [0.3, 0.4) is 0 Å². The first kappa shape index (κ1) is 10.4. The van der Waals surface area contributed by atoms with Crippen molar-refractivity contribution in [3.63, 3.8) is 0 Å². The summed E-state index contributed by atoms with van der Waals surface area (Å²) < 4.78 is 13.3. The summed E-state index contributed by atoms with van der Waals surface area (Å²) in [6, 6.07) is 7.74. The fourth-order valence-electron chi connectivity index (χ4n) is 1.36. The van der Waals surface area contributed by atoms with Crippen molar-refractivity contribution in [2.75, 3.05) is 0 Å². The molecule has 0 fully saturated rings. The number of hydrogen-bond acceptors (Lipinski definition) is 3. The third-order valence-corrected chi connectivity index (χ3v) is 2.18. The quantitative estimate of drug-likeness (QED) is 0.737. The predicted molar refractivity (Wildman–Crippen MR) is 56.5 cm³/mol. The van der Waals surface area contributed by atoms with Crippen molar-refractivity contribution in [3.05, 3.63) is 59.9 Å². The number of Topliss-reactive ketones (excluding diaryl/α,β-unsaturated/α-hetero) is 1. The molecule has 0 radical (unpaired) electrons. The van der Waals surface area contributed by atoms with Crippen molar-refractivity contribution in [2.24, 2.45) is 0 Å². The smallest absolute Gasteiger partial charge is 0.185 e. The molecule has 1 aromatic carbocycles. The monoisotopic (exact) mass is 216 g/mol. The summed E-state index contributed by atoms with van der Waals surface area (Å²) in [4.78, 5) is 19.2. The maximum absolute atomic E-state index is 13.3. The van der Waals surface area contributed by atoms with E-state index in [0.717, 1.165) is 0 Å². The van der Waals surface area contributed by atoms with Gasteiger partial charge in [0.15, 0.2) is 5.78 Å². The van der Waals surface area contributed by atoms with Crippen LogP contribution in [0.2, 0.25) is 0 Å². The number of carbonyl (C=O) groups excluding carboxylic acids is 1. The Labute approximate surface area is 92.0 Å². The third-order valence-electron chi connectivity index (χ3n) is 2.18. The normalized spacial score (nSPS) is 10.1. The van der Waals surface area contributed by atoms with E-state index in [4.69, 9.17) is 0 Å². The van der Waals surface area contributed by atoms with Crippen LogP contribution >= 0.6 is 0 Å². The van der Waals surface area contributed by atoms with Gasteiger partial charge in [0.2, 0.25) is 0 Å². The molecule has 2 aromatic rings. The summed E-state index contributed by atoms with van der Waals surface area (Å²) in [5.74, 6) is -0.586. The van der Waals surface area contributed by atoms with E-state index in [1.807, 2.05) is 0 Å². The molecule has 0 bridgehead atoms. The van der Waals surface area contributed by atoms with E-state index in [1.54, 1.807) is 18.2 Å². The lowest BCUT2D eigenvalue weighted by molar-refractivity contribution is 0.0987. The number of ketones is 1. The van der Waals surface area contributed by atoms with Gasteiger partial charge in [-0.15, -0.1) is 0 Å². The van der Waals surface area contributed by atoms with E-state index in [1.165, 1.54) is 24.7 Å². The van der Waals surface area contributed by atoms with Crippen molar-refractivity contribution in [1.82, 2.24) is 9.97 Å². The van der Waals surface area contributed by atoms with E-state index >= 15 is 0 Å². The highest BCUT2D eigenvalue weighted by Crippen LogP contribution is 2.09. The van der Waals surface area contributed by atoms with Gasteiger partial charge in [0, 0.05) is 12.6 Å². The lowest BCUT2D eigenvalue weighted by Crippen LogP contribution is -2.07. The largest absolute Gasteiger partial charge is 0.292 e. The van der Waals surface area contributed by atoms with Gasteiger partial charge in [0.1, 0.15) is 17.8 Å². The molecule has 0 aliphatic heterocycles. The van der Waals surface area contributed by atoms with Crippen LogP contribution in [-0.4, -0.2) is 15.8 Å². The SMILES string of the molecule is O=C(Cc1ccccc1F)c1ccncn1. The van der Waals surface area contributed by atoms with Gasteiger partial charge in [-0.2, -0.15) is 0 Å². The maximum Gasteiger partial charge on any atom is 0.185 e. The number of hydrogen-bond donors (Lipinski definition) is 0. The molecule has 2 rings (SSSR count). The van der Waals surface area contributed by atoms with E-state index in [-0.39, 0.29) is 18.0 Å². The van der Waals surface area contributed by atoms with Crippen LogP contribution in [0.25, 0.3) is 0 Å². The van der Waals surface area contributed by atoms with Gasteiger partial charge in [0.25, 0.3) is 0 Å². The number of carbonyl (C=O) groups is 1. The van der Waals surface area contributed by atoms with Crippen molar-refractivity contribution < 1.29 is 9.18 Å². The van der Waals surface area contributed by atoms with Crippen LogP contribution in [0.4, 0.5) is 4.39 Å². The molecular weight excluding hydrogens is 207 g/mol. The Morgan fingerprint density at radius 2 is 2.06 bits per heavy atom. The third kappa shape index (κ3) is 2.28. The summed E-state index contributed by atoms with van der Waals surface area (Å²) in [7, 11) is 0. The zero-order valence-corrected chi connectivity index (χ0v) is 8.43. The molecular formula is C12H9FN2O. The van der Waals surface area contributed by atoms with E-state index in [9.17, 15) is 9.18 Å². The first-order valence-electron chi connectivity index (χ1n) is 4.80. The molecule has 0 aliphatic rings. The van der Waals surface area contributed by atoms with E-state index in [2.05, 4.69) is 9.97 Å². The molecule has 1 heterocycles. The lowest BCUT2D eigenvalue weighted by Gasteiger charge is -2.01. The van der Waals surface area contributed by atoms with Crippen molar-refractivity contribution in [3.8, 4) is 0 Å². The summed E-state index contributed by atoms with van der Waals surface area (Å²) in [5, 5.41) is 0. The van der Waals surface area contributed by atoms with Crippen molar-refractivity contribution >= 4 is 5.78 Å². The Hall–Kier alpha value is -2.10. The van der Waals surface area contributed by atoms with E-state index < -0.39 is 0 Å². The van der Waals surface area contributed by atoms with Gasteiger partial charge < -0.3 is 0 Å². The molecule has 0 unspecified atom stereocenters. The Kier molecular flexibility index (Phi) is 3.00. The Morgan fingerprint density at radius 3 is 2.75 bits per heavy atom. The van der Waals surface area contributed by atoms with Crippen LogP contribution in [-0.2, 0) is 6.42 Å². The number of aromatic nitrogens is 2. The number of rotatable bonds is 3. The van der Waals surface area contributed by atoms with Gasteiger partial charge in [0.05, 0.1) is 0 Å². The second-order valence-corrected chi connectivity index (χ2v) is 3.29. The molecule has 0 aliphatic carbocycles. The second-order valence-electron chi connectivity index (χ2n) is 3.29. The molecule has 16 heavy (non-hydrogen) atoms. The van der Waals surface area contributed by atoms with Crippen molar-refractivity contribution in [2.45, 2.75) is 6.42 Å². The highest BCUT2D eigenvalue weighted by molar-refractivity contribution is 5.95. The van der Waals surface area contributed by atoms with Crippen LogP contribution in [0.15, 0.2) is 42.9 Å². The predicted octanol–water partition coefficient (Wildman–Crippen LogP) is 2.04. The molecule has 0 saturated heterocycles. The van der Waals surface area contributed by atoms with Gasteiger partial charge >= 0.3 is 0 Å². The molecule has 1 aromatic heterocycles. The fourth-order valence-corrected chi connectivity index (χ4v) is 1.36. The zero-order chi connectivity index (χ0) is 11.4. The van der Waals surface area contributed by atoms with Gasteiger partial charge in [-0.1, -0.05) is 18.2 Å². The fraction of sp³-hybridized carbons (Fsp3) is 0.0833. The Morgan fingerprint density at radius 1 is 1.25 bits per heavy atom. The molecule has 80 valence electrons. The summed E-state index contributed by atoms with van der Waals surface area (Å²) in [6.07, 6.45) is 2.81. The second kappa shape index (κ2) is 4.61. The van der Waals surface area contributed by atoms with Crippen LogP contribution in [0.1, 0.15) is 16.1 Å². The number of benzene rings is 1. The lowest BCUT2D eigenvalue weighted by atomic mass is 10.1. The van der Waals surface area contributed by atoms with E-state index in [0.29, 0.717) is 11.3 Å². The van der Waals surface area contributed by atoms with Crippen molar-refractivity contribution in [1.29, 1.82) is 0 Å². The maximum atomic E-state index is 13.3. The zero-order valence-electron chi connectivity index (χ0n) is 8.43. The van der Waals surface area contributed by atoms with Crippen LogP contribution < -0.4 is 0 Å². The average molecular weight is 216 g/mol. The van der Waals surface area contributed by atoms with Crippen LogP contribution in [0.5, 0.6) is 0 Å². The Balaban J connectivity index is 2.18. The van der Waals surface area contributed by atoms with Gasteiger partial charge in [-0.3, -0.25) is 4.79 Å². The molecule has 0 spiro atoms. The summed E-state index contributed by atoms with van der Waals surface area (Å²) in [5.41, 5.74) is 0.685. The average Bonchev–Trinajstić information content (AvgIpc) is 2.33. The molecule has 3 nitrogen and oxygen atoms in total. The Bertz CT molecular complexity index is 499. The first-order valence-corrected chi connectivity index (χ1v) is 4.80. The minimum absolute atomic E-state index is 0.0175. The number of halogens is 1. The van der Waals surface area contributed by atoms with Crippen LogP contribution in [0, 0.1) is 5.82 Å². The molecule has 4 heteroatoms. The topological polar surface area (TPSA) is 42.9 Å². The minimum atomic E-state index is -0.370. The highest BCUT2D eigenvalue weighted by atomic mass is 19.1. The highest BCUT2D eigenvalue weighted by Gasteiger charge is 2.10. The number of nitrogens with zero attached hydrogens (tertiary/aromatic N) is 2. The standard InChI is InChI=1S/C12H9FN2O/c13-10-4-2-1-3-9(10)7-12(16)11-5-6-14-8-15-11/h1-6,8H,7H2.